The monoisotopic (exact) mass is 448 g/mol. The molecule has 31 heavy (non-hydrogen) atoms. The Kier molecular flexibility index (Phi) is 5.09. The summed E-state index contributed by atoms with van der Waals surface area (Å²) in [6.45, 7) is 1.73. The van der Waals surface area contributed by atoms with E-state index in [4.69, 9.17) is 5.73 Å². The molecule has 0 aromatic carbocycles. The number of imidazole rings is 1. The van der Waals surface area contributed by atoms with Gasteiger partial charge >= 0.3 is 6.18 Å². The summed E-state index contributed by atoms with van der Waals surface area (Å²) in [7, 11) is 0. The van der Waals surface area contributed by atoms with Crippen molar-refractivity contribution in [2.75, 3.05) is 18.0 Å². The third kappa shape index (κ3) is 3.65. The molecular formula is C21H23F3N6S. The maximum Gasteiger partial charge on any atom is 0.418 e. The van der Waals surface area contributed by atoms with Gasteiger partial charge in [-0.05, 0) is 37.2 Å². The number of anilines is 1. The Morgan fingerprint density at radius 2 is 1.87 bits per heavy atom. The normalized spacial score (nSPS) is 21.3. The summed E-state index contributed by atoms with van der Waals surface area (Å²) in [5, 5.41) is 0. The van der Waals surface area contributed by atoms with E-state index in [0.717, 1.165) is 56.3 Å². The molecule has 1 saturated heterocycles. The second-order valence-electron chi connectivity index (χ2n) is 8.36. The Balaban J connectivity index is 1.42. The SMILES string of the molecule is N[C@@H]1CCCC12CCN(c1ncc(Sc3ccncc3C(F)(F)F)c3nccn13)CC2. The number of halogens is 3. The molecule has 0 amide bonds. The summed E-state index contributed by atoms with van der Waals surface area (Å²) in [6, 6.07) is 1.65. The third-order valence-electron chi connectivity index (χ3n) is 6.70. The fourth-order valence-electron chi connectivity index (χ4n) is 4.93. The van der Waals surface area contributed by atoms with E-state index in [9.17, 15) is 13.2 Å². The van der Waals surface area contributed by atoms with Gasteiger partial charge in [0.1, 0.15) is 0 Å². The van der Waals surface area contributed by atoms with E-state index in [-0.39, 0.29) is 16.4 Å². The van der Waals surface area contributed by atoms with Crippen molar-refractivity contribution in [1.82, 2.24) is 19.4 Å². The summed E-state index contributed by atoms with van der Waals surface area (Å²) in [5.74, 6) is 0.768. The first-order valence-electron chi connectivity index (χ1n) is 10.4. The van der Waals surface area contributed by atoms with Crippen molar-refractivity contribution in [3.05, 3.63) is 42.6 Å². The number of piperidine rings is 1. The van der Waals surface area contributed by atoms with E-state index in [1.807, 2.05) is 10.6 Å². The number of rotatable bonds is 3. The fourth-order valence-corrected chi connectivity index (χ4v) is 5.92. The molecule has 6 nitrogen and oxygen atoms in total. The van der Waals surface area contributed by atoms with E-state index in [0.29, 0.717) is 10.5 Å². The largest absolute Gasteiger partial charge is 0.418 e. The van der Waals surface area contributed by atoms with Crippen LogP contribution in [-0.4, -0.2) is 38.5 Å². The molecule has 2 N–H and O–H groups in total. The van der Waals surface area contributed by atoms with Crippen molar-refractivity contribution < 1.29 is 13.2 Å². The molecular weight excluding hydrogens is 425 g/mol. The highest BCUT2D eigenvalue weighted by Gasteiger charge is 2.43. The highest BCUT2D eigenvalue weighted by molar-refractivity contribution is 7.99. The highest BCUT2D eigenvalue weighted by Crippen LogP contribution is 2.46. The van der Waals surface area contributed by atoms with Crippen LogP contribution in [0.2, 0.25) is 0 Å². The van der Waals surface area contributed by atoms with Crippen molar-refractivity contribution in [3.63, 3.8) is 0 Å². The zero-order chi connectivity index (χ0) is 21.6. The zero-order valence-corrected chi connectivity index (χ0v) is 17.7. The molecule has 4 heterocycles. The lowest BCUT2D eigenvalue weighted by atomic mass is 9.74. The second kappa shape index (κ2) is 7.67. The lowest BCUT2D eigenvalue weighted by Gasteiger charge is -2.42. The minimum absolute atomic E-state index is 0.0806. The molecule has 0 radical (unpaired) electrons. The molecule has 1 spiro atoms. The van der Waals surface area contributed by atoms with E-state index >= 15 is 0 Å². The van der Waals surface area contributed by atoms with Gasteiger partial charge in [0.05, 0.1) is 10.5 Å². The van der Waals surface area contributed by atoms with Crippen molar-refractivity contribution in [2.45, 2.75) is 54.1 Å². The van der Waals surface area contributed by atoms with Gasteiger partial charge in [0, 0.05) is 55.0 Å². The number of pyridine rings is 1. The Labute approximate surface area is 182 Å². The van der Waals surface area contributed by atoms with Gasteiger partial charge in [-0.2, -0.15) is 13.2 Å². The lowest BCUT2D eigenvalue weighted by molar-refractivity contribution is -0.140. The molecule has 2 aliphatic rings. The zero-order valence-electron chi connectivity index (χ0n) is 16.8. The van der Waals surface area contributed by atoms with Gasteiger partial charge in [-0.1, -0.05) is 18.2 Å². The van der Waals surface area contributed by atoms with Crippen molar-refractivity contribution in [1.29, 1.82) is 0 Å². The predicted octanol–water partition coefficient (Wildman–Crippen LogP) is 4.39. The third-order valence-corrected chi connectivity index (χ3v) is 7.78. The predicted molar refractivity (Wildman–Crippen MR) is 112 cm³/mol. The average Bonchev–Trinajstić information content (AvgIpc) is 3.37. The Morgan fingerprint density at radius 1 is 1.06 bits per heavy atom. The maximum absolute atomic E-state index is 13.4. The average molecular weight is 449 g/mol. The van der Waals surface area contributed by atoms with Crippen LogP contribution in [0.3, 0.4) is 0 Å². The maximum atomic E-state index is 13.4. The van der Waals surface area contributed by atoms with Crippen LogP contribution in [0.5, 0.6) is 0 Å². The Bertz CT molecular complexity index is 1090. The van der Waals surface area contributed by atoms with Crippen LogP contribution in [0.25, 0.3) is 5.65 Å². The van der Waals surface area contributed by atoms with Crippen LogP contribution in [0, 0.1) is 5.41 Å². The number of nitrogens with two attached hydrogens (primary N) is 1. The van der Waals surface area contributed by atoms with E-state index < -0.39 is 11.7 Å². The van der Waals surface area contributed by atoms with E-state index in [1.165, 1.54) is 25.1 Å². The number of fused-ring (bicyclic) bond motifs is 1. The first-order chi connectivity index (χ1) is 14.9. The van der Waals surface area contributed by atoms with Crippen LogP contribution >= 0.6 is 11.8 Å². The smallest absolute Gasteiger partial charge is 0.342 e. The number of hydrogen-bond donors (Lipinski definition) is 1. The van der Waals surface area contributed by atoms with Gasteiger partial charge in [0.2, 0.25) is 5.95 Å². The fraction of sp³-hybridized carbons (Fsp3) is 0.476. The standard InChI is InChI=1S/C21H23F3N6S/c22-21(23,24)14-12-26-7-3-15(14)31-16-13-28-19(30-11-8-27-18(16)30)29-9-5-20(6-10-29)4-1-2-17(20)25/h3,7-8,11-13,17H,1-2,4-6,9-10,25H2/t17-/m1/s1. The molecule has 3 aromatic rings. The minimum Gasteiger partial charge on any atom is -0.342 e. The van der Waals surface area contributed by atoms with E-state index in [1.54, 1.807) is 12.4 Å². The molecule has 164 valence electrons. The topological polar surface area (TPSA) is 72.3 Å². The molecule has 0 unspecified atom stereocenters. The van der Waals surface area contributed by atoms with Gasteiger partial charge in [0.15, 0.2) is 5.65 Å². The number of nitrogens with zero attached hydrogens (tertiary/aromatic N) is 5. The first kappa shape index (κ1) is 20.6. The molecule has 2 fully saturated rings. The number of hydrogen-bond acceptors (Lipinski definition) is 6. The summed E-state index contributed by atoms with van der Waals surface area (Å²) in [6.07, 6.45) is 8.39. The van der Waals surface area contributed by atoms with Crippen LogP contribution in [0.1, 0.15) is 37.7 Å². The molecule has 1 atom stereocenters. The number of alkyl halides is 3. The molecule has 1 saturated carbocycles. The van der Waals surface area contributed by atoms with Crippen LogP contribution in [0.15, 0.2) is 46.8 Å². The number of aromatic nitrogens is 4. The summed E-state index contributed by atoms with van der Waals surface area (Å²) in [4.78, 5) is 15.5. The second-order valence-corrected chi connectivity index (χ2v) is 9.45. The van der Waals surface area contributed by atoms with Gasteiger partial charge < -0.3 is 10.6 Å². The van der Waals surface area contributed by atoms with Gasteiger partial charge in [-0.25, -0.2) is 9.97 Å². The molecule has 3 aromatic heterocycles. The van der Waals surface area contributed by atoms with Gasteiger partial charge in [0.25, 0.3) is 0 Å². The summed E-state index contributed by atoms with van der Waals surface area (Å²) >= 11 is 1.01. The van der Waals surface area contributed by atoms with Crippen LogP contribution < -0.4 is 10.6 Å². The van der Waals surface area contributed by atoms with Gasteiger partial charge in [-0.3, -0.25) is 9.38 Å². The summed E-state index contributed by atoms with van der Waals surface area (Å²) < 4.78 is 41.9. The van der Waals surface area contributed by atoms with Crippen molar-refractivity contribution in [3.8, 4) is 0 Å². The quantitative estimate of drug-likeness (QED) is 0.641. The Hall–Kier alpha value is -2.33. The molecule has 5 rings (SSSR count). The molecule has 0 bridgehead atoms. The molecule has 1 aliphatic heterocycles. The molecule has 1 aliphatic carbocycles. The first-order valence-corrected chi connectivity index (χ1v) is 11.2. The van der Waals surface area contributed by atoms with Gasteiger partial charge in [-0.15, -0.1) is 0 Å². The van der Waals surface area contributed by atoms with Crippen molar-refractivity contribution >= 4 is 23.4 Å². The lowest BCUT2D eigenvalue weighted by Crippen LogP contribution is -2.47. The van der Waals surface area contributed by atoms with Crippen molar-refractivity contribution in [2.24, 2.45) is 11.1 Å². The highest BCUT2D eigenvalue weighted by atomic mass is 32.2. The summed E-state index contributed by atoms with van der Waals surface area (Å²) in [5.41, 5.74) is 6.48. The molecule has 10 heteroatoms. The minimum atomic E-state index is -4.47. The van der Waals surface area contributed by atoms with Crippen LogP contribution in [0.4, 0.5) is 19.1 Å². The van der Waals surface area contributed by atoms with Crippen LogP contribution in [-0.2, 0) is 6.18 Å². The van der Waals surface area contributed by atoms with E-state index in [2.05, 4.69) is 19.9 Å². The Morgan fingerprint density at radius 3 is 2.58 bits per heavy atom.